The molecule has 0 rings (SSSR count). The number of ether oxygens (including phenoxy) is 2. The molecule has 0 aliphatic carbocycles. The molecule has 356 valence electrons. The second-order valence-corrected chi connectivity index (χ2v) is 17.4. The van der Waals surface area contributed by atoms with E-state index in [1.54, 1.807) is 0 Å². The number of rotatable bonds is 45. The molecule has 10 heteroatoms. The number of phosphoric acid groups is 1. The Kier molecular flexibility index (Phi) is 45.5. The lowest BCUT2D eigenvalue weighted by molar-refractivity contribution is -0.161. The molecule has 0 bridgehead atoms. The first-order valence-electron chi connectivity index (χ1n) is 24.6. The molecule has 0 saturated carbocycles. The van der Waals surface area contributed by atoms with Gasteiger partial charge in [-0.3, -0.25) is 18.6 Å². The van der Waals surface area contributed by atoms with Crippen LogP contribution in [0.3, 0.4) is 0 Å². The van der Waals surface area contributed by atoms with Crippen LogP contribution in [-0.4, -0.2) is 49.3 Å². The van der Waals surface area contributed by atoms with E-state index in [4.69, 9.17) is 24.3 Å². The van der Waals surface area contributed by atoms with Gasteiger partial charge in [0.2, 0.25) is 0 Å². The van der Waals surface area contributed by atoms with Crippen molar-refractivity contribution in [3.05, 3.63) is 85.1 Å². The van der Waals surface area contributed by atoms with Crippen LogP contribution in [0.1, 0.15) is 200 Å². The van der Waals surface area contributed by atoms with Gasteiger partial charge >= 0.3 is 19.8 Å². The molecule has 62 heavy (non-hydrogen) atoms. The molecule has 0 aromatic rings. The van der Waals surface area contributed by atoms with E-state index in [0.29, 0.717) is 12.8 Å². The zero-order valence-electron chi connectivity index (χ0n) is 39.3. The second kappa shape index (κ2) is 47.7. The molecule has 2 unspecified atom stereocenters. The molecule has 3 N–H and O–H groups in total. The topological polar surface area (TPSA) is 134 Å². The number of allylic oxidation sites excluding steroid dienone is 14. The summed E-state index contributed by atoms with van der Waals surface area (Å²) in [5.74, 6) is -0.852. The average molecular weight is 888 g/mol. The third kappa shape index (κ3) is 46.7. The van der Waals surface area contributed by atoms with E-state index in [2.05, 4.69) is 98.9 Å². The highest BCUT2D eigenvalue weighted by molar-refractivity contribution is 7.47. The van der Waals surface area contributed by atoms with Crippen LogP contribution in [0.4, 0.5) is 0 Å². The zero-order chi connectivity index (χ0) is 45.3. The van der Waals surface area contributed by atoms with Crippen LogP contribution in [0.5, 0.6) is 0 Å². The van der Waals surface area contributed by atoms with Crippen LogP contribution < -0.4 is 5.73 Å². The molecule has 0 aromatic carbocycles. The van der Waals surface area contributed by atoms with Crippen molar-refractivity contribution in [3.63, 3.8) is 0 Å². The molecular formula is C52H90NO8P. The van der Waals surface area contributed by atoms with Crippen LogP contribution in [-0.2, 0) is 32.7 Å². The minimum Gasteiger partial charge on any atom is -0.462 e. The van der Waals surface area contributed by atoms with Gasteiger partial charge in [-0.05, 0) is 83.5 Å². The first-order valence-corrected chi connectivity index (χ1v) is 26.1. The van der Waals surface area contributed by atoms with Crippen LogP contribution in [0.25, 0.3) is 0 Å². The molecule has 0 aromatic heterocycles. The number of nitrogens with two attached hydrogens (primary N) is 1. The van der Waals surface area contributed by atoms with Crippen LogP contribution in [0.15, 0.2) is 85.1 Å². The number of unbranched alkanes of at least 4 members (excludes halogenated alkanes) is 18. The first-order chi connectivity index (χ1) is 30.3. The largest absolute Gasteiger partial charge is 0.472 e. The summed E-state index contributed by atoms with van der Waals surface area (Å²) >= 11 is 0. The van der Waals surface area contributed by atoms with Gasteiger partial charge in [0.05, 0.1) is 13.2 Å². The maximum atomic E-state index is 12.6. The van der Waals surface area contributed by atoms with Gasteiger partial charge in [0.15, 0.2) is 6.10 Å². The van der Waals surface area contributed by atoms with Crippen molar-refractivity contribution in [1.82, 2.24) is 0 Å². The highest BCUT2D eigenvalue weighted by Gasteiger charge is 2.26. The SMILES string of the molecule is CC/C=C\C/C=C\C/C=C\C/C=C\C/C=C\CCCCCCCCCCCCCC(=O)OC(COC(=O)CCCCCCC/C=C\C/C=C\CCCC)COP(=O)(O)OCCN. The molecule has 0 saturated heterocycles. The number of esters is 2. The van der Waals surface area contributed by atoms with Crippen LogP contribution in [0.2, 0.25) is 0 Å². The number of hydrogen-bond acceptors (Lipinski definition) is 8. The molecule has 0 amide bonds. The highest BCUT2D eigenvalue weighted by atomic mass is 31.2. The predicted octanol–water partition coefficient (Wildman–Crippen LogP) is 14.8. The summed E-state index contributed by atoms with van der Waals surface area (Å²) in [6, 6.07) is 0. The van der Waals surface area contributed by atoms with Crippen molar-refractivity contribution in [3.8, 4) is 0 Å². The van der Waals surface area contributed by atoms with Gasteiger partial charge in [-0.1, -0.05) is 189 Å². The lowest BCUT2D eigenvalue weighted by atomic mass is 10.0. The van der Waals surface area contributed by atoms with Gasteiger partial charge < -0.3 is 20.1 Å². The van der Waals surface area contributed by atoms with Gasteiger partial charge in [-0.2, -0.15) is 0 Å². The number of phosphoric ester groups is 1. The Hall–Kier alpha value is -2.81. The average Bonchev–Trinajstić information content (AvgIpc) is 3.26. The summed E-state index contributed by atoms with van der Waals surface area (Å²) in [4.78, 5) is 35.0. The van der Waals surface area contributed by atoms with E-state index in [0.717, 1.165) is 103 Å². The Bertz CT molecular complexity index is 1290. The fraction of sp³-hybridized carbons (Fsp3) is 0.692. The smallest absolute Gasteiger partial charge is 0.462 e. The summed E-state index contributed by atoms with van der Waals surface area (Å²) in [5.41, 5.74) is 5.36. The number of carbonyl (C=O) groups is 2. The summed E-state index contributed by atoms with van der Waals surface area (Å²) in [6.45, 7) is 3.55. The Morgan fingerprint density at radius 2 is 0.887 bits per heavy atom. The molecule has 0 aliphatic heterocycles. The quantitative estimate of drug-likeness (QED) is 0.0265. The third-order valence-corrected chi connectivity index (χ3v) is 11.0. The van der Waals surface area contributed by atoms with Crippen molar-refractivity contribution >= 4 is 19.8 Å². The maximum Gasteiger partial charge on any atom is 0.472 e. The Labute approximate surface area is 379 Å². The monoisotopic (exact) mass is 888 g/mol. The van der Waals surface area contributed by atoms with Gasteiger partial charge in [-0.25, -0.2) is 4.57 Å². The Morgan fingerprint density at radius 1 is 0.500 bits per heavy atom. The molecule has 9 nitrogen and oxygen atoms in total. The molecule has 0 spiro atoms. The lowest BCUT2D eigenvalue weighted by Crippen LogP contribution is -2.29. The zero-order valence-corrected chi connectivity index (χ0v) is 40.2. The van der Waals surface area contributed by atoms with Gasteiger partial charge in [0, 0.05) is 19.4 Å². The van der Waals surface area contributed by atoms with Crippen molar-refractivity contribution < 1.29 is 37.6 Å². The second-order valence-electron chi connectivity index (χ2n) is 15.9. The van der Waals surface area contributed by atoms with E-state index < -0.39 is 32.5 Å². The molecule has 0 heterocycles. The Morgan fingerprint density at radius 3 is 1.32 bits per heavy atom. The molecule has 0 aliphatic rings. The van der Waals surface area contributed by atoms with Gasteiger partial charge in [0.25, 0.3) is 0 Å². The van der Waals surface area contributed by atoms with Gasteiger partial charge in [0.1, 0.15) is 6.61 Å². The Balaban J connectivity index is 4.06. The summed E-state index contributed by atoms with van der Waals surface area (Å²) < 4.78 is 32.9. The fourth-order valence-corrected chi connectivity index (χ4v) is 7.15. The maximum absolute atomic E-state index is 12.6. The summed E-state index contributed by atoms with van der Waals surface area (Å²) in [7, 11) is -4.39. The molecule has 2 atom stereocenters. The fourth-order valence-electron chi connectivity index (χ4n) is 6.38. The summed E-state index contributed by atoms with van der Waals surface area (Å²) in [6.07, 6.45) is 60.5. The summed E-state index contributed by atoms with van der Waals surface area (Å²) in [5, 5.41) is 0. The van der Waals surface area contributed by atoms with E-state index >= 15 is 0 Å². The number of carbonyl (C=O) groups excluding carboxylic acids is 2. The normalized spacial score (nSPS) is 13.9. The van der Waals surface area contributed by atoms with Crippen LogP contribution >= 0.6 is 7.82 Å². The molecule has 0 radical (unpaired) electrons. The van der Waals surface area contributed by atoms with E-state index in [9.17, 15) is 19.0 Å². The molecular weight excluding hydrogens is 798 g/mol. The minimum absolute atomic E-state index is 0.0472. The number of hydrogen-bond donors (Lipinski definition) is 2. The van der Waals surface area contributed by atoms with Crippen LogP contribution in [0, 0.1) is 0 Å². The van der Waals surface area contributed by atoms with E-state index in [1.165, 1.54) is 57.8 Å². The van der Waals surface area contributed by atoms with Crippen molar-refractivity contribution in [2.75, 3.05) is 26.4 Å². The lowest BCUT2D eigenvalue weighted by Gasteiger charge is -2.19. The highest BCUT2D eigenvalue weighted by Crippen LogP contribution is 2.43. The standard InChI is InChI=1S/C52H90NO8P/c1-3-5-7-9-11-13-15-17-19-20-21-22-23-24-25-26-27-28-29-30-31-33-35-37-39-41-43-45-52(55)61-50(49-60-62(56,57)59-47-46-53)48-58-51(54)44-42-40-38-36-34-32-18-16-14-12-10-8-6-4-2/h5,7,10-13,16-19,21-22,24-25,50H,3-4,6,8-9,14-15,20,23,26-49,53H2,1-2H3,(H,56,57)/b7-5-,12-10-,13-11-,18-16-,19-17-,22-21-,25-24-. The third-order valence-electron chi connectivity index (χ3n) is 10.0. The first kappa shape index (κ1) is 59.2. The van der Waals surface area contributed by atoms with E-state index in [-0.39, 0.29) is 32.6 Å². The van der Waals surface area contributed by atoms with Gasteiger partial charge in [-0.15, -0.1) is 0 Å². The van der Waals surface area contributed by atoms with E-state index in [1.807, 2.05) is 0 Å². The van der Waals surface area contributed by atoms with Crippen molar-refractivity contribution in [2.45, 2.75) is 206 Å². The van der Waals surface area contributed by atoms with Crippen molar-refractivity contribution in [2.24, 2.45) is 5.73 Å². The van der Waals surface area contributed by atoms with Crippen molar-refractivity contribution in [1.29, 1.82) is 0 Å². The predicted molar refractivity (Wildman–Crippen MR) is 261 cm³/mol. The molecule has 0 fully saturated rings. The minimum atomic E-state index is -4.39.